The highest BCUT2D eigenvalue weighted by molar-refractivity contribution is 5.99. The van der Waals surface area contributed by atoms with Crippen molar-refractivity contribution >= 4 is 23.3 Å². The molecule has 1 saturated carbocycles. The molecular formula is C27H38N4O4. The minimum absolute atomic E-state index is 0.00360. The van der Waals surface area contributed by atoms with Crippen LogP contribution in [0.2, 0.25) is 0 Å². The number of Topliss-reactive ketones (excluding diaryl/α,β-unsaturated/α-hetero) is 1. The van der Waals surface area contributed by atoms with Crippen molar-refractivity contribution < 1.29 is 19.1 Å². The summed E-state index contributed by atoms with van der Waals surface area (Å²) >= 11 is 0. The van der Waals surface area contributed by atoms with Gasteiger partial charge >= 0.3 is 0 Å². The van der Waals surface area contributed by atoms with Gasteiger partial charge in [0.05, 0.1) is 12.0 Å². The Kier molecular flexibility index (Phi) is 6.61. The summed E-state index contributed by atoms with van der Waals surface area (Å²) in [6, 6.07) is 5.21. The molecule has 8 heteroatoms. The predicted molar refractivity (Wildman–Crippen MR) is 133 cm³/mol. The number of carbonyl (C=O) groups is 3. The molecule has 1 aromatic rings. The van der Waals surface area contributed by atoms with E-state index < -0.39 is 17.9 Å². The molecule has 0 spiro atoms. The molecule has 1 aliphatic carbocycles. The van der Waals surface area contributed by atoms with Gasteiger partial charge in [-0.1, -0.05) is 13.8 Å². The van der Waals surface area contributed by atoms with E-state index >= 15 is 0 Å². The molecule has 4 atom stereocenters. The number of nitrogens with two attached hydrogens (primary N) is 1. The number of hydrogen-bond acceptors (Lipinski definition) is 6. The van der Waals surface area contributed by atoms with Crippen molar-refractivity contribution in [2.45, 2.75) is 51.2 Å². The Morgan fingerprint density at radius 2 is 1.86 bits per heavy atom. The second-order valence-electron chi connectivity index (χ2n) is 11.3. The molecule has 0 aromatic heterocycles. The van der Waals surface area contributed by atoms with Gasteiger partial charge in [0.2, 0.25) is 11.8 Å². The highest BCUT2D eigenvalue weighted by atomic mass is 16.5. The van der Waals surface area contributed by atoms with Crippen LogP contribution >= 0.6 is 0 Å². The normalized spacial score (nSPS) is 28.0. The summed E-state index contributed by atoms with van der Waals surface area (Å²) in [5.41, 5.74) is 7.89. The number of rotatable bonds is 7. The lowest BCUT2D eigenvalue weighted by Gasteiger charge is -2.35. The Morgan fingerprint density at radius 1 is 1.14 bits per heavy atom. The standard InChI is InChI=1S/C27H38N4O4/c1-16(2)12-21(27(34)31-14-22(17-4-5-17)25-24(31)23(32)15-35-25)20-13-18(6-7-19(20)26(28)33)30-10-8-29(3)9-11-30/h6-7,13,16-17,21-22,24-25H,4-5,8-12,14-15H2,1-3H3,(H2,28,33)/t21-,22-,24+,25+/m0/s1. The van der Waals surface area contributed by atoms with Crippen LogP contribution in [0.25, 0.3) is 0 Å². The van der Waals surface area contributed by atoms with Gasteiger partial charge in [-0.15, -0.1) is 0 Å². The summed E-state index contributed by atoms with van der Waals surface area (Å²) in [7, 11) is 2.11. The average molecular weight is 483 g/mol. The van der Waals surface area contributed by atoms with Crippen molar-refractivity contribution in [3.8, 4) is 0 Å². The molecule has 3 aliphatic heterocycles. The second kappa shape index (κ2) is 9.54. The SMILES string of the molecule is CC(C)C[C@H](C(=O)N1C[C@@H](C2CC2)[C@H]2OCC(=O)[C@H]21)c1cc(N2CCN(C)CC2)ccc1C(N)=O. The van der Waals surface area contributed by atoms with Gasteiger partial charge in [0, 0.05) is 49.9 Å². The van der Waals surface area contributed by atoms with E-state index in [1.54, 1.807) is 11.0 Å². The highest BCUT2D eigenvalue weighted by Crippen LogP contribution is 2.47. The van der Waals surface area contributed by atoms with Crippen LogP contribution in [0.1, 0.15) is 54.9 Å². The molecule has 4 fully saturated rings. The number of ether oxygens (including phenoxy) is 1. The van der Waals surface area contributed by atoms with Crippen LogP contribution in [0.3, 0.4) is 0 Å². The van der Waals surface area contributed by atoms with Crippen LogP contribution in [0.15, 0.2) is 18.2 Å². The number of carbonyl (C=O) groups excluding carboxylic acids is 3. The molecule has 5 rings (SSSR count). The Bertz CT molecular complexity index is 999. The fourth-order valence-corrected chi connectivity index (χ4v) is 6.22. The smallest absolute Gasteiger partial charge is 0.249 e. The van der Waals surface area contributed by atoms with Crippen molar-refractivity contribution in [2.75, 3.05) is 51.3 Å². The lowest BCUT2D eigenvalue weighted by atomic mass is 9.85. The molecule has 2 N–H and O–H groups in total. The lowest BCUT2D eigenvalue weighted by Crippen LogP contribution is -2.45. The number of benzene rings is 1. The van der Waals surface area contributed by atoms with E-state index in [-0.39, 0.29) is 36.2 Å². The van der Waals surface area contributed by atoms with Crippen LogP contribution in [-0.2, 0) is 14.3 Å². The van der Waals surface area contributed by atoms with Crippen LogP contribution in [0.4, 0.5) is 5.69 Å². The molecule has 2 amide bonds. The Balaban J connectivity index is 1.50. The van der Waals surface area contributed by atoms with E-state index in [1.165, 1.54) is 0 Å². The van der Waals surface area contributed by atoms with E-state index in [0.29, 0.717) is 30.0 Å². The monoisotopic (exact) mass is 482 g/mol. The van der Waals surface area contributed by atoms with E-state index in [2.05, 4.69) is 30.7 Å². The third-order valence-corrected chi connectivity index (χ3v) is 8.28. The first-order chi connectivity index (χ1) is 16.7. The minimum Gasteiger partial charge on any atom is -0.369 e. The second-order valence-corrected chi connectivity index (χ2v) is 11.3. The first-order valence-electron chi connectivity index (χ1n) is 13.1. The van der Waals surface area contributed by atoms with E-state index in [1.807, 2.05) is 12.1 Å². The Labute approximate surface area is 207 Å². The molecule has 1 aromatic carbocycles. The number of piperazine rings is 1. The molecule has 4 aliphatic rings. The molecule has 35 heavy (non-hydrogen) atoms. The van der Waals surface area contributed by atoms with Crippen molar-refractivity contribution in [1.82, 2.24) is 9.80 Å². The summed E-state index contributed by atoms with van der Waals surface area (Å²) in [6.07, 6.45) is 2.68. The zero-order chi connectivity index (χ0) is 24.9. The number of primary amides is 1. The summed E-state index contributed by atoms with van der Waals surface area (Å²) in [5, 5.41) is 0. The average Bonchev–Trinajstić information content (AvgIpc) is 3.50. The minimum atomic E-state index is -0.531. The van der Waals surface area contributed by atoms with Crippen LogP contribution < -0.4 is 10.6 Å². The van der Waals surface area contributed by atoms with Crippen molar-refractivity contribution in [1.29, 1.82) is 0 Å². The van der Waals surface area contributed by atoms with Gasteiger partial charge in [0.25, 0.3) is 0 Å². The highest BCUT2D eigenvalue weighted by Gasteiger charge is 2.56. The van der Waals surface area contributed by atoms with Gasteiger partial charge in [0.1, 0.15) is 12.6 Å². The topological polar surface area (TPSA) is 96.2 Å². The molecule has 8 nitrogen and oxygen atoms in total. The molecular weight excluding hydrogens is 444 g/mol. The molecule has 0 radical (unpaired) electrons. The summed E-state index contributed by atoms with van der Waals surface area (Å²) in [5.74, 6) is -0.146. The lowest BCUT2D eigenvalue weighted by molar-refractivity contribution is -0.138. The molecule has 190 valence electrons. The van der Waals surface area contributed by atoms with Crippen LogP contribution in [0.5, 0.6) is 0 Å². The van der Waals surface area contributed by atoms with E-state index in [0.717, 1.165) is 44.7 Å². The van der Waals surface area contributed by atoms with Gasteiger partial charge < -0.3 is 25.2 Å². The fraction of sp³-hybridized carbons (Fsp3) is 0.667. The summed E-state index contributed by atoms with van der Waals surface area (Å²) in [6.45, 7) is 8.51. The van der Waals surface area contributed by atoms with Crippen molar-refractivity contribution in [3.05, 3.63) is 29.3 Å². The summed E-state index contributed by atoms with van der Waals surface area (Å²) < 4.78 is 5.89. The number of hydrogen-bond donors (Lipinski definition) is 1. The Hall–Kier alpha value is -2.45. The van der Waals surface area contributed by atoms with Gasteiger partial charge in [0.15, 0.2) is 5.78 Å². The third kappa shape index (κ3) is 4.70. The van der Waals surface area contributed by atoms with Crippen molar-refractivity contribution in [2.24, 2.45) is 23.5 Å². The van der Waals surface area contributed by atoms with Gasteiger partial charge in [-0.25, -0.2) is 0 Å². The molecule has 3 saturated heterocycles. The summed E-state index contributed by atoms with van der Waals surface area (Å²) in [4.78, 5) is 45.9. The van der Waals surface area contributed by atoms with Gasteiger partial charge in [-0.05, 0) is 61.9 Å². The van der Waals surface area contributed by atoms with E-state index in [9.17, 15) is 14.4 Å². The number of ketones is 1. The maximum Gasteiger partial charge on any atom is 0.249 e. The zero-order valence-corrected chi connectivity index (χ0v) is 21.1. The number of anilines is 1. The van der Waals surface area contributed by atoms with Gasteiger partial charge in [-0.3, -0.25) is 14.4 Å². The third-order valence-electron chi connectivity index (χ3n) is 8.28. The molecule has 0 unspecified atom stereocenters. The number of amides is 2. The van der Waals surface area contributed by atoms with Gasteiger partial charge in [-0.2, -0.15) is 0 Å². The molecule has 3 heterocycles. The maximum absolute atomic E-state index is 14.2. The predicted octanol–water partition coefficient (Wildman–Crippen LogP) is 1.87. The quantitative estimate of drug-likeness (QED) is 0.638. The van der Waals surface area contributed by atoms with Crippen molar-refractivity contribution in [3.63, 3.8) is 0 Å². The number of fused-ring (bicyclic) bond motifs is 1. The first-order valence-corrected chi connectivity index (χ1v) is 13.1. The Morgan fingerprint density at radius 3 is 2.49 bits per heavy atom. The largest absolute Gasteiger partial charge is 0.369 e. The zero-order valence-electron chi connectivity index (χ0n) is 21.1. The number of nitrogens with zero attached hydrogens (tertiary/aromatic N) is 3. The molecule has 0 bridgehead atoms. The number of likely N-dealkylation sites (tertiary alicyclic amines) is 1. The van der Waals surface area contributed by atoms with Crippen LogP contribution in [0, 0.1) is 17.8 Å². The first kappa shape index (κ1) is 24.3. The van der Waals surface area contributed by atoms with Crippen LogP contribution in [-0.4, -0.2) is 85.9 Å². The van der Waals surface area contributed by atoms with E-state index in [4.69, 9.17) is 10.5 Å². The maximum atomic E-state index is 14.2. The fourth-order valence-electron chi connectivity index (χ4n) is 6.22. The number of likely N-dealkylation sites (N-methyl/N-ethyl adjacent to an activating group) is 1.